The molecule has 0 aliphatic rings. The zero-order chi connectivity index (χ0) is 19.6. The third-order valence-corrected chi connectivity index (χ3v) is 4.05. The van der Waals surface area contributed by atoms with Gasteiger partial charge in [-0.15, -0.1) is 24.0 Å². The topological polar surface area (TPSA) is 67.6 Å². The molecule has 1 heterocycles. The summed E-state index contributed by atoms with van der Waals surface area (Å²) in [6.45, 7) is 9.31. The summed E-state index contributed by atoms with van der Waals surface area (Å²) >= 11 is 0. The highest BCUT2D eigenvalue weighted by Gasteiger charge is 2.09. The number of aryl methyl sites for hydroxylation is 1. The maximum atomic E-state index is 5.73. The lowest BCUT2D eigenvalue weighted by Crippen LogP contribution is -2.39. The van der Waals surface area contributed by atoms with E-state index in [1.807, 2.05) is 26.2 Å². The minimum absolute atomic E-state index is 0. The Hall–Kier alpha value is -1.84. The van der Waals surface area contributed by atoms with Gasteiger partial charge in [0.2, 0.25) is 0 Å². The molecule has 8 heteroatoms. The normalized spacial score (nSPS) is 11.3. The number of nitrogens with zero attached hydrogens (tertiary/aromatic N) is 5. The minimum Gasteiger partial charge on any atom is -0.493 e. The highest BCUT2D eigenvalue weighted by Crippen LogP contribution is 2.13. The molecular formula is C20H33IN6O. The van der Waals surface area contributed by atoms with Gasteiger partial charge in [0.15, 0.2) is 5.96 Å². The van der Waals surface area contributed by atoms with Crippen molar-refractivity contribution in [2.75, 3.05) is 26.7 Å². The highest BCUT2D eigenvalue weighted by atomic mass is 127. The van der Waals surface area contributed by atoms with Crippen molar-refractivity contribution < 1.29 is 4.74 Å². The number of guanidine groups is 1. The van der Waals surface area contributed by atoms with Crippen molar-refractivity contribution in [3.63, 3.8) is 0 Å². The molecule has 28 heavy (non-hydrogen) atoms. The molecule has 7 nitrogen and oxygen atoms in total. The van der Waals surface area contributed by atoms with Crippen LogP contribution in [0.25, 0.3) is 0 Å². The number of hydrogen-bond donors (Lipinski definition) is 1. The Kier molecular flexibility index (Phi) is 10.9. The van der Waals surface area contributed by atoms with Crippen molar-refractivity contribution in [2.45, 2.75) is 33.7 Å². The third-order valence-electron chi connectivity index (χ3n) is 4.05. The van der Waals surface area contributed by atoms with E-state index in [1.54, 1.807) is 11.0 Å². The van der Waals surface area contributed by atoms with Gasteiger partial charge in [-0.2, -0.15) is 5.10 Å². The number of benzene rings is 1. The molecule has 0 radical (unpaired) electrons. The van der Waals surface area contributed by atoms with Crippen LogP contribution >= 0.6 is 24.0 Å². The maximum absolute atomic E-state index is 5.73. The zero-order valence-electron chi connectivity index (χ0n) is 17.6. The Morgan fingerprint density at radius 3 is 2.57 bits per heavy atom. The van der Waals surface area contributed by atoms with E-state index in [1.165, 1.54) is 5.56 Å². The number of rotatable bonds is 9. The molecule has 0 fully saturated rings. The SMILES string of the molecule is CCNC(=NCCc1ccc(OCC(C)C)cc1)N(C)Cc1ncnn1C.I. The quantitative estimate of drug-likeness (QED) is 0.326. The zero-order valence-corrected chi connectivity index (χ0v) is 19.9. The molecule has 0 aliphatic heterocycles. The molecule has 0 bridgehead atoms. The molecule has 0 atom stereocenters. The smallest absolute Gasteiger partial charge is 0.194 e. The van der Waals surface area contributed by atoms with Crippen molar-refractivity contribution in [3.05, 3.63) is 42.0 Å². The van der Waals surface area contributed by atoms with Crippen molar-refractivity contribution >= 4 is 29.9 Å². The summed E-state index contributed by atoms with van der Waals surface area (Å²) in [5.41, 5.74) is 1.25. The van der Waals surface area contributed by atoms with Crippen LogP contribution in [0.3, 0.4) is 0 Å². The first-order chi connectivity index (χ1) is 13.0. The number of nitrogens with one attached hydrogen (secondary N) is 1. The Morgan fingerprint density at radius 2 is 2.00 bits per heavy atom. The summed E-state index contributed by atoms with van der Waals surface area (Å²) in [7, 11) is 3.91. The van der Waals surface area contributed by atoms with Gasteiger partial charge < -0.3 is 15.0 Å². The summed E-state index contributed by atoms with van der Waals surface area (Å²) in [4.78, 5) is 11.1. The van der Waals surface area contributed by atoms with Crippen LogP contribution < -0.4 is 10.1 Å². The van der Waals surface area contributed by atoms with Crippen LogP contribution in [0.4, 0.5) is 0 Å². The Morgan fingerprint density at radius 1 is 1.29 bits per heavy atom. The van der Waals surface area contributed by atoms with Gasteiger partial charge in [-0.3, -0.25) is 9.67 Å². The fourth-order valence-corrected chi connectivity index (χ4v) is 2.53. The maximum Gasteiger partial charge on any atom is 0.194 e. The number of ether oxygens (including phenoxy) is 1. The first-order valence-corrected chi connectivity index (χ1v) is 9.53. The van der Waals surface area contributed by atoms with E-state index in [-0.39, 0.29) is 24.0 Å². The minimum atomic E-state index is 0. The largest absolute Gasteiger partial charge is 0.493 e. The summed E-state index contributed by atoms with van der Waals surface area (Å²) < 4.78 is 7.51. The summed E-state index contributed by atoms with van der Waals surface area (Å²) in [5.74, 6) is 3.23. The van der Waals surface area contributed by atoms with E-state index in [4.69, 9.17) is 9.73 Å². The predicted octanol–water partition coefficient (Wildman–Crippen LogP) is 3.11. The highest BCUT2D eigenvalue weighted by molar-refractivity contribution is 14.0. The van der Waals surface area contributed by atoms with E-state index >= 15 is 0 Å². The first kappa shape index (κ1) is 24.2. The monoisotopic (exact) mass is 500 g/mol. The summed E-state index contributed by atoms with van der Waals surface area (Å²) in [6, 6.07) is 8.29. The number of halogens is 1. The Bertz CT molecular complexity index is 714. The lowest BCUT2D eigenvalue weighted by Gasteiger charge is -2.21. The van der Waals surface area contributed by atoms with Crippen LogP contribution in [-0.2, 0) is 20.0 Å². The lowest BCUT2D eigenvalue weighted by molar-refractivity contribution is 0.271. The van der Waals surface area contributed by atoms with E-state index < -0.39 is 0 Å². The van der Waals surface area contributed by atoms with Gasteiger partial charge >= 0.3 is 0 Å². The van der Waals surface area contributed by atoms with Crippen LogP contribution in [0.5, 0.6) is 5.75 Å². The standard InChI is InChI=1S/C20H32N6O.HI/c1-6-21-20(25(4)13-19-23-15-24-26(19)5)22-12-11-17-7-9-18(10-8-17)27-14-16(2)3;/h7-10,15-16H,6,11-14H2,1-5H3,(H,21,22);1H. The lowest BCUT2D eigenvalue weighted by atomic mass is 10.1. The molecule has 0 aliphatic carbocycles. The van der Waals surface area contributed by atoms with Crippen molar-refractivity contribution in [1.29, 1.82) is 0 Å². The van der Waals surface area contributed by atoms with E-state index in [9.17, 15) is 0 Å². The van der Waals surface area contributed by atoms with Gasteiger partial charge in [0.25, 0.3) is 0 Å². The molecule has 0 saturated carbocycles. The van der Waals surface area contributed by atoms with Gasteiger partial charge in [-0.05, 0) is 37.0 Å². The van der Waals surface area contributed by atoms with Crippen molar-refractivity contribution in [1.82, 2.24) is 25.0 Å². The van der Waals surface area contributed by atoms with Crippen LogP contribution in [0.1, 0.15) is 32.2 Å². The van der Waals surface area contributed by atoms with Gasteiger partial charge in [0, 0.05) is 27.2 Å². The van der Waals surface area contributed by atoms with Gasteiger partial charge in [0.1, 0.15) is 17.9 Å². The summed E-state index contributed by atoms with van der Waals surface area (Å²) in [5, 5.41) is 7.45. The number of aliphatic imine (C=N–C) groups is 1. The van der Waals surface area contributed by atoms with Crippen LogP contribution in [0.15, 0.2) is 35.6 Å². The first-order valence-electron chi connectivity index (χ1n) is 9.53. The molecule has 2 aromatic rings. The van der Waals surface area contributed by atoms with Crippen molar-refractivity contribution in [3.8, 4) is 5.75 Å². The number of aromatic nitrogens is 3. The fourth-order valence-electron chi connectivity index (χ4n) is 2.53. The van der Waals surface area contributed by atoms with Crippen LogP contribution in [0, 0.1) is 5.92 Å². The molecule has 1 N–H and O–H groups in total. The van der Waals surface area contributed by atoms with Gasteiger partial charge in [0.05, 0.1) is 13.2 Å². The van der Waals surface area contributed by atoms with Crippen LogP contribution in [-0.4, -0.2) is 52.4 Å². The Balaban J connectivity index is 0.00000392. The molecule has 0 saturated heterocycles. The molecule has 1 aromatic heterocycles. The van der Waals surface area contributed by atoms with E-state index in [0.29, 0.717) is 12.5 Å². The predicted molar refractivity (Wildman–Crippen MR) is 124 cm³/mol. The molecule has 0 amide bonds. The van der Waals surface area contributed by atoms with Gasteiger partial charge in [-0.25, -0.2) is 4.98 Å². The Labute approximate surface area is 185 Å². The molecule has 0 unspecified atom stereocenters. The second kappa shape index (κ2) is 12.6. The summed E-state index contributed by atoms with van der Waals surface area (Å²) in [6.07, 6.45) is 2.46. The van der Waals surface area contributed by atoms with E-state index in [2.05, 4.69) is 53.2 Å². The molecule has 0 spiro atoms. The third kappa shape index (κ3) is 8.04. The average Bonchev–Trinajstić information content (AvgIpc) is 3.05. The van der Waals surface area contributed by atoms with Gasteiger partial charge in [-0.1, -0.05) is 26.0 Å². The molecule has 1 aromatic carbocycles. The number of hydrogen-bond acceptors (Lipinski definition) is 4. The van der Waals surface area contributed by atoms with Crippen molar-refractivity contribution in [2.24, 2.45) is 18.0 Å². The molecule has 156 valence electrons. The molecule has 2 rings (SSSR count). The second-order valence-electron chi connectivity index (χ2n) is 6.99. The van der Waals surface area contributed by atoms with E-state index in [0.717, 1.165) is 43.7 Å². The second-order valence-corrected chi connectivity index (χ2v) is 6.99. The average molecular weight is 500 g/mol. The molecular weight excluding hydrogens is 467 g/mol. The van der Waals surface area contributed by atoms with Crippen LogP contribution in [0.2, 0.25) is 0 Å². The fraction of sp³-hybridized carbons (Fsp3) is 0.550.